The highest BCUT2D eigenvalue weighted by Crippen LogP contribution is 2.34. The van der Waals surface area contributed by atoms with Crippen LogP contribution in [0.4, 0.5) is 5.82 Å². The van der Waals surface area contributed by atoms with Gasteiger partial charge in [-0.05, 0) is 23.7 Å². The van der Waals surface area contributed by atoms with Crippen LogP contribution in [0.5, 0.6) is 0 Å². The van der Waals surface area contributed by atoms with E-state index in [2.05, 4.69) is 38.2 Å². The van der Waals surface area contributed by atoms with Crippen molar-refractivity contribution in [1.82, 2.24) is 24.5 Å². The van der Waals surface area contributed by atoms with Gasteiger partial charge in [0.2, 0.25) is 5.28 Å². The van der Waals surface area contributed by atoms with Gasteiger partial charge in [0.15, 0.2) is 27.5 Å². The van der Waals surface area contributed by atoms with E-state index in [0.29, 0.717) is 23.5 Å². The van der Waals surface area contributed by atoms with Gasteiger partial charge < -0.3 is 25.4 Å². The Kier molecular flexibility index (Phi) is 6.40. The quantitative estimate of drug-likeness (QED) is 0.217. The first kappa shape index (κ1) is 22.7. The molecule has 3 aromatic heterocycles. The van der Waals surface area contributed by atoms with Crippen molar-refractivity contribution in [2.24, 2.45) is 0 Å². The van der Waals surface area contributed by atoms with E-state index in [0.717, 1.165) is 14.6 Å². The first-order valence-electron chi connectivity index (χ1n) is 10.2. The minimum atomic E-state index is -1.25. The van der Waals surface area contributed by atoms with E-state index in [4.69, 9.17) is 16.3 Å². The van der Waals surface area contributed by atoms with Gasteiger partial charge in [0.25, 0.3) is 0 Å². The second kappa shape index (κ2) is 9.29. The number of thiazole rings is 1. The van der Waals surface area contributed by atoms with Crippen LogP contribution < -0.4 is 5.32 Å². The Bertz CT molecular complexity index is 1250. The SMILES string of the molecule is CC(CNc1nc(Cl)nc2c1ncn2[C@@H]1O[C@H](CO)C(O)C1O)Sc1nc2ccccc2s1. The molecule has 10 nitrogen and oxygen atoms in total. The predicted octanol–water partition coefficient (Wildman–Crippen LogP) is 2.29. The maximum atomic E-state index is 10.4. The van der Waals surface area contributed by atoms with Crippen LogP contribution in [0.25, 0.3) is 21.4 Å². The number of nitrogens with zero attached hydrogens (tertiary/aromatic N) is 5. The number of rotatable bonds is 7. The molecule has 1 saturated heterocycles. The molecule has 0 spiro atoms. The zero-order chi connectivity index (χ0) is 23.1. The number of para-hydroxylation sites is 1. The summed E-state index contributed by atoms with van der Waals surface area (Å²) in [6.07, 6.45) is -2.91. The second-order valence-corrected chi connectivity index (χ2v) is 10.7. The lowest BCUT2D eigenvalue weighted by atomic mass is 10.1. The van der Waals surface area contributed by atoms with Gasteiger partial charge in [0.1, 0.15) is 18.3 Å². The Morgan fingerprint density at radius 2 is 2.06 bits per heavy atom. The highest BCUT2D eigenvalue weighted by atomic mass is 35.5. The highest BCUT2D eigenvalue weighted by Gasteiger charge is 2.44. The van der Waals surface area contributed by atoms with E-state index < -0.39 is 31.1 Å². The van der Waals surface area contributed by atoms with Crippen LogP contribution in [-0.2, 0) is 4.74 Å². The third kappa shape index (κ3) is 4.39. The van der Waals surface area contributed by atoms with E-state index in [1.165, 1.54) is 10.9 Å². The van der Waals surface area contributed by atoms with Crippen LogP contribution in [0.3, 0.4) is 0 Å². The number of halogens is 1. The van der Waals surface area contributed by atoms with Gasteiger partial charge in [-0.15, -0.1) is 11.3 Å². The molecule has 1 aliphatic heterocycles. The van der Waals surface area contributed by atoms with Gasteiger partial charge in [-0.2, -0.15) is 9.97 Å². The summed E-state index contributed by atoms with van der Waals surface area (Å²) < 4.78 is 9.22. The molecule has 0 aliphatic carbocycles. The van der Waals surface area contributed by atoms with Crippen molar-refractivity contribution in [3.8, 4) is 0 Å². The molecule has 4 aromatic rings. The van der Waals surface area contributed by atoms with Crippen molar-refractivity contribution < 1.29 is 20.1 Å². The minimum absolute atomic E-state index is 0.00460. The number of hydrogen-bond acceptors (Lipinski definition) is 11. The molecule has 5 atom stereocenters. The number of hydrogen-bond donors (Lipinski definition) is 4. The van der Waals surface area contributed by atoms with Crippen molar-refractivity contribution in [3.63, 3.8) is 0 Å². The minimum Gasteiger partial charge on any atom is -0.394 e. The molecule has 0 bridgehead atoms. The summed E-state index contributed by atoms with van der Waals surface area (Å²) in [5.74, 6) is 0.451. The number of imidazole rings is 1. The number of fused-ring (bicyclic) bond motifs is 2. The van der Waals surface area contributed by atoms with Crippen molar-refractivity contribution >= 4 is 61.9 Å². The van der Waals surface area contributed by atoms with Crippen LogP contribution in [0, 0.1) is 0 Å². The summed E-state index contributed by atoms with van der Waals surface area (Å²) in [7, 11) is 0. The third-order valence-corrected chi connectivity index (χ3v) is 7.72. The fourth-order valence-electron chi connectivity index (χ4n) is 3.66. The number of aliphatic hydroxyl groups is 3. The number of ether oxygens (including phenoxy) is 1. The van der Waals surface area contributed by atoms with Gasteiger partial charge in [-0.1, -0.05) is 30.8 Å². The molecule has 0 radical (unpaired) electrons. The lowest BCUT2D eigenvalue weighted by Gasteiger charge is -2.17. The summed E-state index contributed by atoms with van der Waals surface area (Å²) in [4.78, 5) is 17.5. The van der Waals surface area contributed by atoms with Crippen LogP contribution >= 0.6 is 34.7 Å². The average Bonchev–Trinajstić information content (AvgIpc) is 3.47. The molecule has 4 heterocycles. The predicted molar refractivity (Wildman–Crippen MR) is 127 cm³/mol. The van der Waals surface area contributed by atoms with Crippen LogP contribution in [0.1, 0.15) is 13.2 Å². The van der Waals surface area contributed by atoms with Crippen LogP contribution in [0.15, 0.2) is 34.9 Å². The molecule has 174 valence electrons. The molecule has 1 aliphatic rings. The smallest absolute Gasteiger partial charge is 0.226 e. The van der Waals surface area contributed by atoms with Crippen LogP contribution in [-0.4, -0.2) is 76.5 Å². The van der Waals surface area contributed by atoms with Gasteiger partial charge in [0.05, 0.1) is 23.2 Å². The Morgan fingerprint density at radius 3 is 2.82 bits per heavy atom. The van der Waals surface area contributed by atoms with Crippen molar-refractivity contribution in [1.29, 1.82) is 0 Å². The number of benzene rings is 1. The second-order valence-electron chi connectivity index (χ2n) is 7.65. The van der Waals surface area contributed by atoms with Crippen molar-refractivity contribution in [2.75, 3.05) is 18.5 Å². The Morgan fingerprint density at radius 1 is 1.24 bits per heavy atom. The van der Waals surface area contributed by atoms with Crippen molar-refractivity contribution in [3.05, 3.63) is 35.9 Å². The molecule has 1 fully saturated rings. The lowest BCUT2D eigenvalue weighted by Crippen LogP contribution is -2.33. The zero-order valence-corrected chi connectivity index (χ0v) is 19.8. The molecule has 33 heavy (non-hydrogen) atoms. The average molecular weight is 509 g/mol. The van der Waals surface area contributed by atoms with Gasteiger partial charge >= 0.3 is 0 Å². The Hall–Kier alpha value is -2.06. The Balaban J connectivity index is 1.33. The molecule has 0 amide bonds. The third-order valence-electron chi connectivity index (χ3n) is 5.32. The van der Waals surface area contributed by atoms with E-state index in [1.807, 2.05) is 18.2 Å². The zero-order valence-electron chi connectivity index (χ0n) is 17.4. The fraction of sp³-hybridized carbons (Fsp3) is 0.400. The van der Waals surface area contributed by atoms with Gasteiger partial charge in [-0.25, -0.2) is 9.97 Å². The topological polar surface area (TPSA) is 138 Å². The number of aliphatic hydroxyl groups excluding tert-OH is 3. The highest BCUT2D eigenvalue weighted by molar-refractivity contribution is 8.01. The monoisotopic (exact) mass is 508 g/mol. The molecule has 5 rings (SSSR count). The molecular formula is C20H21ClN6O4S2. The first-order valence-corrected chi connectivity index (χ1v) is 12.3. The summed E-state index contributed by atoms with van der Waals surface area (Å²) >= 11 is 9.48. The van der Waals surface area contributed by atoms with E-state index in [9.17, 15) is 15.3 Å². The van der Waals surface area contributed by atoms with E-state index in [1.54, 1.807) is 23.1 Å². The van der Waals surface area contributed by atoms with E-state index in [-0.39, 0.29) is 10.5 Å². The van der Waals surface area contributed by atoms with Gasteiger partial charge in [0, 0.05) is 11.8 Å². The van der Waals surface area contributed by atoms with Gasteiger partial charge in [-0.3, -0.25) is 4.57 Å². The number of nitrogens with one attached hydrogen (secondary N) is 1. The lowest BCUT2D eigenvalue weighted by molar-refractivity contribution is -0.0511. The summed E-state index contributed by atoms with van der Waals surface area (Å²) in [5, 5.41) is 33.3. The number of anilines is 1. The fourth-order valence-corrected chi connectivity index (χ4v) is 6.14. The Labute approximate surface area is 201 Å². The number of thioether (sulfide) groups is 1. The molecule has 13 heteroatoms. The summed E-state index contributed by atoms with van der Waals surface area (Å²) in [6.45, 7) is 2.24. The maximum Gasteiger partial charge on any atom is 0.226 e. The van der Waals surface area contributed by atoms with E-state index >= 15 is 0 Å². The maximum absolute atomic E-state index is 10.4. The normalized spacial score (nSPS) is 24.0. The standard InChI is InChI=1S/C20H21ClN6O4S2/c1-9(32-20-24-10-4-2-3-5-12(10)33-20)6-22-16-13-17(26-19(21)25-16)27(8-23-13)18-15(30)14(29)11(7-28)31-18/h2-5,8-9,11,14-15,18,28-30H,6-7H2,1H3,(H,22,25,26)/t9?,11-,14?,15?,18-/m1/s1. The number of aromatic nitrogens is 5. The molecule has 0 saturated carbocycles. The molecular weight excluding hydrogens is 488 g/mol. The first-order chi connectivity index (χ1) is 15.9. The van der Waals surface area contributed by atoms with Crippen molar-refractivity contribution in [2.45, 2.75) is 41.1 Å². The molecule has 3 unspecified atom stereocenters. The molecule has 4 N–H and O–H groups in total. The summed E-state index contributed by atoms with van der Waals surface area (Å²) in [6, 6.07) is 8.04. The van der Waals surface area contributed by atoms with Crippen LogP contribution in [0.2, 0.25) is 5.28 Å². The largest absolute Gasteiger partial charge is 0.394 e. The summed E-state index contributed by atoms with van der Waals surface area (Å²) in [5.41, 5.74) is 1.79. The molecule has 1 aromatic carbocycles.